The molecule has 3 heterocycles. The standard InChI is InChI=1S/C21H18ClNO2S2/c22-13-5-3-10(4-6-13)14-7-8-15(25-14)17-16-11-1-2-12(9-11)18(16)26-20-19(17)27-21(24)23-20/h3-8,11-12,16-18H,1-2,9H2,(H,23,24)/t11-,12-,16+,17+,18-/m0/s1. The van der Waals surface area contributed by atoms with Crippen molar-refractivity contribution in [2.45, 2.75) is 35.5 Å². The quantitative estimate of drug-likeness (QED) is 0.558. The highest BCUT2D eigenvalue weighted by Crippen LogP contribution is 2.63. The van der Waals surface area contributed by atoms with Gasteiger partial charge in [-0.15, -0.1) is 11.8 Å². The topological polar surface area (TPSA) is 46.0 Å². The molecule has 2 bridgehead atoms. The van der Waals surface area contributed by atoms with Crippen LogP contribution in [-0.4, -0.2) is 10.2 Å². The number of rotatable bonds is 2. The van der Waals surface area contributed by atoms with Crippen molar-refractivity contribution in [2.75, 3.05) is 0 Å². The van der Waals surface area contributed by atoms with Gasteiger partial charge in [-0.2, -0.15) is 0 Å². The molecule has 2 aromatic heterocycles. The Labute approximate surface area is 170 Å². The lowest BCUT2D eigenvalue weighted by molar-refractivity contribution is 0.285. The highest BCUT2D eigenvalue weighted by molar-refractivity contribution is 8.00. The number of thioether (sulfide) groups is 1. The van der Waals surface area contributed by atoms with Gasteiger partial charge in [-0.3, -0.25) is 4.79 Å². The van der Waals surface area contributed by atoms with E-state index in [0.717, 1.165) is 39.0 Å². The Morgan fingerprint density at radius 3 is 2.74 bits per heavy atom. The Morgan fingerprint density at radius 1 is 1.07 bits per heavy atom. The second kappa shape index (κ2) is 6.03. The van der Waals surface area contributed by atoms with Gasteiger partial charge in [0.1, 0.15) is 11.5 Å². The minimum absolute atomic E-state index is 0.0503. The summed E-state index contributed by atoms with van der Waals surface area (Å²) in [5, 5.41) is 2.41. The number of thiazole rings is 1. The summed E-state index contributed by atoms with van der Waals surface area (Å²) < 4.78 is 6.37. The van der Waals surface area contributed by atoms with Crippen molar-refractivity contribution in [3.05, 3.63) is 61.7 Å². The van der Waals surface area contributed by atoms with Crippen LogP contribution in [0.3, 0.4) is 0 Å². The predicted octanol–water partition coefficient (Wildman–Crippen LogP) is 6.00. The number of halogens is 1. The molecule has 2 aliphatic carbocycles. The summed E-state index contributed by atoms with van der Waals surface area (Å²) in [5.41, 5.74) is 1.03. The molecule has 6 rings (SSSR count). The maximum absolute atomic E-state index is 12.1. The molecule has 0 radical (unpaired) electrons. The second-order valence-corrected chi connectivity index (χ2v) is 10.5. The molecule has 0 spiro atoms. The van der Waals surface area contributed by atoms with E-state index in [0.29, 0.717) is 11.2 Å². The Kier molecular flexibility index (Phi) is 3.69. The SMILES string of the molecule is O=c1[nH]c2c(s1)[C@H](c1ccc(-c3ccc(Cl)cc3)o1)[C@H]1[C@H]3CC[C@@H](C3)[C@@H]1S2. The van der Waals surface area contributed by atoms with Gasteiger partial charge >= 0.3 is 4.87 Å². The Morgan fingerprint density at radius 2 is 1.89 bits per heavy atom. The molecule has 138 valence electrons. The molecule has 5 atom stereocenters. The average molecular weight is 416 g/mol. The lowest BCUT2D eigenvalue weighted by atomic mass is 9.77. The first-order valence-corrected chi connectivity index (χ1v) is 11.5. The predicted molar refractivity (Wildman–Crippen MR) is 110 cm³/mol. The zero-order valence-corrected chi connectivity index (χ0v) is 16.9. The number of nitrogens with one attached hydrogen (secondary N) is 1. The first-order valence-electron chi connectivity index (χ1n) is 9.43. The smallest absolute Gasteiger partial charge is 0.305 e. The van der Waals surface area contributed by atoms with Crippen LogP contribution >= 0.6 is 34.7 Å². The number of aromatic nitrogens is 1. The molecular formula is C21H18ClNO2S2. The van der Waals surface area contributed by atoms with E-state index in [1.54, 1.807) is 0 Å². The van der Waals surface area contributed by atoms with Gasteiger partial charge in [0.2, 0.25) is 0 Å². The van der Waals surface area contributed by atoms with Crippen LogP contribution in [0.4, 0.5) is 0 Å². The fraction of sp³-hybridized carbons (Fsp3) is 0.381. The van der Waals surface area contributed by atoms with Crippen LogP contribution in [0.5, 0.6) is 0 Å². The zero-order valence-electron chi connectivity index (χ0n) is 14.5. The van der Waals surface area contributed by atoms with E-state index in [9.17, 15) is 4.79 Å². The fourth-order valence-corrected chi connectivity index (χ4v) is 8.46. The molecule has 27 heavy (non-hydrogen) atoms. The molecule has 6 heteroatoms. The normalized spacial score (nSPS) is 31.1. The summed E-state index contributed by atoms with van der Waals surface area (Å²) in [6, 6.07) is 11.9. The first kappa shape index (κ1) is 16.5. The van der Waals surface area contributed by atoms with Crippen molar-refractivity contribution in [3.8, 4) is 11.3 Å². The van der Waals surface area contributed by atoms with Gasteiger partial charge in [0, 0.05) is 15.8 Å². The van der Waals surface area contributed by atoms with Crippen molar-refractivity contribution in [1.29, 1.82) is 0 Å². The highest BCUT2D eigenvalue weighted by atomic mass is 35.5. The molecule has 3 nitrogen and oxygen atoms in total. The Balaban J connectivity index is 1.45. The van der Waals surface area contributed by atoms with E-state index < -0.39 is 0 Å². The van der Waals surface area contributed by atoms with E-state index in [1.165, 1.54) is 35.5 Å². The van der Waals surface area contributed by atoms with E-state index in [1.807, 2.05) is 36.0 Å². The van der Waals surface area contributed by atoms with Gasteiger partial charge < -0.3 is 9.40 Å². The first-order chi connectivity index (χ1) is 13.2. The molecule has 1 aromatic carbocycles. The molecule has 1 N–H and O–H groups in total. The van der Waals surface area contributed by atoms with Gasteiger partial charge in [0.05, 0.1) is 15.8 Å². The third-order valence-electron chi connectivity index (χ3n) is 6.53. The van der Waals surface area contributed by atoms with Crippen LogP contribution in [-0.2, 0) is 0 Å². The van der Waals surface area contributed by atoms with Gasteiger partial charge in [-0.05, 0) is 73.4 Å². The van der Waals surface area contributed by atoms with Crippen LogP contribution in [0.25, 0.3) is 11.3 Å². The number of hydrogen-bond acceptors (Lipinski definition) is 4. The molecule has 0 unspecified atom stereocenters. The summed E-state index contributed by atoms with van der Waals surface area (Å²) in [5.74, 6) is 4.19. The molecule has 0 amide bonds. The second-order valence-electron chi connectivity index (χ2n) is 7.89. The molecule has 0 saturated heterocycles. The molecule has 3 aliphatic rings. The van der Waals surface area contributed by atoms with Crippen LogP contribution in [0.2, 0.25) is 5.02 Å². The number of aromatic amines is 1. The van der Waals surface area contributed by atoms with Crippen LogP contribution in [0, 0.1) is 17.8 Å². The van der Waals surface area contributed by atoms with Gasteiger partial charge in [0.25, 0.3) is 0 Å². The summed E-state index contributed by atoms with van der Waals surface area (Å²) >= 11 is 9.30. The van der Waals surface area contributed by atoms with Crippen molar-refractivity contribution in [1.82, 2.24) is 4.98 Å². The third-order valence-corrected chi connectivity index (χ3v) is 9.40. The van der Waals surface area contributed by atoms with Gasteiger partial charge in [-0.25, -0.2) is 0 Å². The van der Waals surface area contributed by atoms with E-state index in [2.05, 4.69) is 17.1 Å². The van der Waals surface area contributed by atoms with Gasteiger partial charge in [-0.1, -0.05) is 22.9 Å². The van der Waals surface area contributed by atoms with Crippen molar-refractivity contribution in [3.63, 3.8) is 0 Å². The molecular weight excluding hydrogens is 398 g/mol. The van der Waals surface area contributed by atoms with Crippen molar-refractivity contribution in [2.24, 2.45) is 17.8 Å². The van der Waals surface area contributed by atoms with Crippen molar-refractivity contribution >= 4 is 34.7 Å². The third kappa shape index (κ3) is 2.51. The number of H-pyrrole nitrogens is 1. The van der Waals surface area contributed by atoms with Crippen LogP contribution < -0.4 is 4.87 Å². The Bertz CT molecular complexity index is 1070. The summed E-state index contributed by atoms with van der Waals surface area (Å²) in [6.45, 7) is 0. The summed E-state index contributed by atoms with van der Waals surface area (Å²) in [6.07, 6.45) is 3.99. The molecule has 2 saturated carbocycles. The molecule has 3 aromatic rings. The van der Waals surface area contributed by atoms with Gasteiger partial charge in [0.15, 0.2) is 0 Å². The molecule has 2 fully saturated rings. The van der Waals surface area contributed by atoms with E-state index in [-0.39, 0.29) is 10.8 Å². The largest absolute Gasteiger partial charge is 0.460 e. The van der Waals surface area contributed by atoms with Crippen LogP contribution in [0.15, 0.2) is 50.6 Å². The average Bonchev–Trinajstić information content (AvgIpc) is 3.43. The van der Waals surface area contributed by atoms with E-state index >= 15 is 0 Å². The molecule has 1 aliphatic heterocycles. The maximum atomic E-state index is 12.1. The van der Waals surface area contributed by atoms with Crippen LogP contribution in [0.1, 0.15) is 35.8 Å². The maximum Gasteiger partial charge on any atom is 0.305 e. The minimum atomic E-state index is 0.0503. The summed E-state index contributed by atoms with van der Waals surface area (Å²) in [7, 11) is 0. The lowest BCUT2D eigenvalue weighted by Crippen LogP contribution is -2.33. The zero-order chi connectivity index (χ0) is 18.1. The number of benzene rings is 1. The fourth-order valence-electron chi connectivity index (χ4n) is 5.46. The highest BCUT2D eigenvalue weighted by Gasteiger charge is 2.55. The monoisotopic (exact) mass is 415 g/mol. The minimum Gasteiger partial charge on any atom is -0.460 e. The Hall–Kier alpha value is -1.43. The van der Waals surface area contributed by atoms with Crippen molar-refractivity contribution < 1.29 is 4.42 Å². The number of hydrogen-bond donors (Lipinski definition) is 1. The van der Waals surface area contributed by atoms with E-state index in [4.69, 9.17) is 16.0 Å². The number of furan rings is 1. The summed E-state index contributed by atoms with van der Waals surface area (Å²) in [4.78, 5) is 16.4. The number of fused-ring (bicyclic) bond motifs is 6. The lowest BCUT2D eigenvalue weighted by Gasteiger charge is -2.38.